The van der Waals surface area contributed by atoms with Crippen LogP contribution in [0.25, 0.3) is 10.6 Å². The molecular weight excluding hydrogens is 320 g/mol. The molecule has 0 fully saturated rings. The standard InChI is InChI=1S/C18H20N4OS/c1-11(16-12(2)21-22-13(16)3)17(23)19-9-15-10-24-18(20-15)14-7-5-4-6-8-14/h4-8,10-11H,9H2,1-3H3,(H,19,23)(H,21,22). The molecule has 2 N–H and O–H groups in total. The van der Waals surface area contributed by atoms with E-state index >= 15 is 0 Å². The number of amides is 1. The Balaban J connectivity index is 1.64. The Labute approximate surface area is 145 Å². The summed E-state index contributed by atoms with van der Waals surface area (Å²) in [5, 5.41) is 13.0. The van der Waals surface area contributed by atoms with Crippen molar-refractivity contribution < 1.29 is 4.79 Å². The third kappa shape index (κ3) is 3.38. The van der Waals surface area contributed by atoms with Crippen LogP contribution in [-0.4, -0.2) is 21.1 Å². The molecule has 0 spiro atoms. The fourth-order valence-electron chi connectivity index (χ4n) is 2.76. The average Bonchev–Trinajstić information content (AvgIpc) is 3.20. The lowest BCUT2D eigenvalue weighted by molar-refractivity contribution is -0.122. The largest absolute Gasteiger partial charge is 0.350 e. The quantitative estimate of drug-likeness (QED) is 0.746. The molecular formula is C18H20N4OS. The van der Waals surface area contributed by atoms with Crippen molar-refractivity contribution in [2.24, 2.45) is 0 Å². The number of carbonyl (C=O) groups excluding carboxylic acids is 1. The molecule has 0 saturated heterocycles. The third-order valence-corrected chi connectivity index (χ3v) is 4.97. The van der Waals surface area contributed by atoms with Gasteiger partial charge in [0.1, 0.15) is 5.01 Å². The van der Waals surface area contributed by atoms with Gasteiger partial charge in [0.15, 0.2) is 0 Å². The Morgan fingerprint density at radius 1 is 1.29 bits per heavy atom. The van der Waals surface area contributed by atoms with E-state index in [1.165, 1.54) is 0 Å². The zero-order valence-corrected chi connectivity index (χ0v) is 14.8. The topological polar surface area (TPSA) is 70.7 Å². The van der Waals surface area contributed by atoms with Gasteiger partial charge in [-0.3, -0.25) is 9.89 Å². The van der Waals surface area contributed by atoms with Crippen LogP contribution >= 0.6 is 11.3 Å². The van der Waals surface area contributed by atoms with Crippen molar-refractivity contribution in [2.75, 3.05) is 0 Å². The van der Waals surface area contributed by atoms with Gasteiger partial charge in [-0.15, -0.1) is 11.3 Å². The fraction of sp³-hybridized carbons (Fsp3) is 0.278. The highest BCUT2D eigenvalue weighted by molar-refractivity contribution is 7.13. The number of carbonyl (C=O) groups is 1. The summed E-state index contributed by atoms with van der Waals surface area (Å²) in [6.07, 6.45) is 0. The summed E-state index contributed by atoms with van der Waals surface area (Å²) in [6.45, 7) is 6.18. The van der Waals surface area contributed by atoms with Crippen molar-refractivity contribution in [3.63, 3.8) is 0 Å². The molecule has 5 nitrogen and oxygen atoms in total. The number of benzene rings is 1. The first kappa shape index (κ1) is 16.4. The number of aromatic amines is 1. The summed E-state index contributed by atoms with van der Waals surface area (Å²) in [5.41, 5.74) is 4.75. The van der Waals surface area contributed by atoms with Crippen molar-refractivity contribution in [3.8, 4) is 10.6 Å². The summed E-state index contributed by atoms with van der Waals surface area (Å²) in [5.74, 6) is -0.257. The highest BCUT2D eigenvalue weighted by atomic mass is 32.1. The molecule has 2 heterocycles. The molecule has 24 heavy (non-hydrogen) atoms. The predicted molar refractivity (Wildman–Crippen MR) is 95.9 cm³/mol. The molecule has 0 aliphatic carbocycles. The Morgan fingerprint density at radius 3 is 2.71 bits per heavy atom. The number of hydrogen-bond acceptors (Lipinski definition) is 4. The minimum Gasteiger partial charge on any atom is -0.350 e. The van der Waals surface area contributed by atoms with Crippen LogP contribution in [0, 0.1) is 13.8 Å². The maximum Gasteiger partial charge on any atom is 0.227 e. The number of H-pyrrole nitrogens is 1. The second-order valence-electron chi connectivity index (χ2n) is 5.80. The number of nitrogens with one attached hydrogen (secondary N) is 2. The van der Waals surface area contributed by atoms with Crippen LogP contribution in [0.15, 0.2) is 35.7 Å². The molecule has 2 aromatic heterocycles. The van der Waals surface area contributed by atoms with Gasteiger partial charge >= 0.3 is 0 Å². The van der Waals surface area contributed by atoms with Crippen LogP contribution in [0.3, 0.4) is 0 Å². The van der Waals surface area contributed by atoms with Gasteiger partial charge in [-0.25, -0.2) is 4.98 Å². The molecule has 1 aromatic carbocycles. The number of hydrogen-bond donors (Lipinski definition) is 2. The Morgan fingerprint density at radius 2 is 2.04 bits per heavy atom. The second kappa shape index (κ2) is 6.97. The predicted octanol–water partition coefficient (Wildman–Crippen LogP) is 3.57. The molecule has 3 aromatic rings. The van der Waals surface area contributed by atoms with Crippen LogP contribution in [0.2, 0.25) is 0 Å². The van der Waals surface area contributed by atoms with Crippen LogP contribution in [-0.2, 0) is 11.3 Å². The summed E-state index contributed by atoms with van der Waals surface area (Å²) in [6, 6.07) is 10.0. The first-order valence-electron chi connectivity index (χ1n) is 7.85. The van der Waals surface area contributed by atoms with Crippen LogP contribution in [0.5, 0.6) is 0 Å². The van der Waals surface area contributed by atoms with Crippen molar-refractivity contribution in [1.82, 2.24) is 20.5 Å². The van der Waals surface area contributed by atoms with Gasteiger partial charge in [0.25, 0.3) is 0 Å². The van der Waals surface area contributed by atoms with Gasteiger partial charge in [0.05, 0.1) is 23.9 Å². The van der Waals surface area contributed by atoms with Gasteiger partial charge in [-0.05, 0) is 20.8 Å². The zero-order valence-electron chi connectivity index (χ0n) is 14.0. The van der Waals surface area contributed by atoms with Gasteiger partial charge in [-0.2, -0.15) is 5.10 Å². The number of thiazole rings is 1. The molecule has 1 unspecified atom stereocenters. The number of aromatic nitrogens is 3. The van der Waals surface area contributed by atoms with E-state index in [0.717, 1.165) is 33.2 Å². The lowest BCUT2D eigenvalue weighted by Gasteiger charge is -2.12. The first-order valence-corrected chi connectivity index (χ1v) is 8.73. The van der Waals surface area contributed by atoms with E-state index in [-0.39, 0.29) is 11.8 Å². The van der Waals surface area contributed by atoms with Gasteiger partial charge < -0.3 is 5.32 Å². The highest BCUT2D eigenvalue weighted by Crippen LogP contribution is 2.24. The maximum atomic E-state index is 12.4. The molecule has 0 bridgehead atoms. The van der Waals surface area contributed by atoms with E-state index in [1.54, 1.807) is 11.3 Å². The minimum atomic E-state index is -0.240. The highest BCUT2D eigenvalue weighted by Gasteiger charge is 2.21. The summed E-state index contributed by atoms with van der Waals surface area (Å²) < 4.78 is 0. The van der Waals surface area contributed by atoms with Crippen molar-refractivity contribution in [2.45, 2.75) is 33.2 Å². The van der Waals surface area contributed by atoms with Crippen LogP contribution < -0.4 is 5.32 Å². The molecule has 0 aliphatic rings. The summed E-state index contributed by atoms with van der Waals surface area (Å²) in [4.78, 5) is 17.0. The minimum absolute atomic E-state index is 0.0168. The molecule has 1 amide bonds. The fourth-order valence-corrected chi connectivity index (χ4v) is 3.59. The van der Waals surface area contributed by atoms with Crippen LogP contribution in [0.4, 0.5) is 0 Å². The molecule has 124 valence electrons. The average molecular weight is 340 g/mol. The smallest absolute Gasteiger partial charge is 0.227 e. The normalized spacial score (nSPS) is 12.1. The number of rotatable bonds is 5. The monoisotopic (exact) mass is 340 g/mol. The van der Waals surface area contributed by atoms with E-state index in [2.05, 4.69) is 20.5 Å². The molecule has 1 atom stereocenters. The van der Waals surface area contributed by atoms with E-state index in [4.69, 9.17) is 0 Å². The SMILES string of the molecule is Cc1n[nH]c(C)c1C(C)C(=O)NCc1csc(-c2ccccc2)n1. The van der Waals surface area contributed by atoms with E-state index < -0.39 is 0 Å². The first-order chi connectivity index (χ1) is 11.6. The number of nitrogens with zero attached hydrogens (tertiary/aromatic N) is 2. The summed E-state index contributed by atoms with van der Waals surface area (Å²) >= 11 is 1.59. The maximum absolute atomic E-state index is 12.4. The molecule has 0 radical (unpaired) electrons. The van der Waals surface area contributed by atoms with Gasteiger partial charge in [-0.1, -0.05) is 30.3 Å². The van der Waals surface area contributed by atoms with Crippen molar-refractivity contribution >= 4 is 17.2 Å². The van der Waals surface area contributed by atoms with E-state index in [0.29, 0.717) is 6.54 Å². The Hall–Kier alpha value is -2.47. The number of aryl methyl sites for hydroxylation is 2. The lowest BCUT2D eigenvalue weighted by Crippen LogP contribution is -2.28. The molecule has 0 aliphatic heterocycles. The van der Waals surface area contributed by atoms with Crippen LogP contribution in [0.1, 0.15) is 35.5 Å². The van der Waals surface area contributed by atoms with E-state index in [9.17, 15) is 4.79 Å². The lowest BCUT2D eigenvalue weighted by atomic mass is 9.98. The van der Waals surface area contributed by atoms with Gasteiger partial charge in [0.2, 0.25) is 5.91 Å². The Bertz CT molecular complexity index is 818. The summed E-state index contributed by atoms with van der Waals surface area (Å²) in [7, 11) is 0. The zero-order chi connectivity index (χ0) is 17.1. The molecule has 3 rings (SSSR count). The molecule has 6 heteroatoms. The third-order valence-electron chi connectivity index (χ3n) is 4.03. The van der Waals surface area contributed by atoms with Crippen molar-refractivity contribution in [3.05, 3.63) is 58.4 Å². The molecule has 0 saturated carbocycles. The van der Waals surface area contributed by atoms with Gasteiger partial charge in [0, 0.05) is 22.2 Å². The Kier molecular flexibility index (Phi) is 4.76. The van der Waals surface area contributed by atoms with E-state index in [1.807, 2.05) is 56.5 Å². The second-order valence-corrected chi connectivity index (χ2v) is 6.66. The van der Waals surface area contributed by atoms with Crippen molar-refractivity contribution in [1.29, 1.82) is 0 Å².